The molecule has 0 unspecified atom stereocenters. The number of benzene rings is 1. The predicted octanol–water partition coefficient (Wildman–Crippen LogP) is 2.65. The average molecular weight is 197 g/mol. The van der Waals surface area contributed by atoms with Crippen LogP contribution in [0.3, 0.4) is 0 Å². The van der Waals surface area contributed by atoms with Crippen molar-refractivity contribution in [2.24, 2.45) is 5.73 Å². The van der Waals surface area contributed by atoms with Gasteiger partial charge in [-0.05, 0) is 24.0 Å². The van der Waals surface area contributed by atoms with Crippen LogP contribution in [0, 0.1) is 11.6 Å². The van der Waals surface area contributed by atoms with Crippen LogP contribution in [0.25, 0.3) is 0 Å². The van der Waals surface area contributed by atoms with E-state index >= 15 is 0 Å². The minimum atomic E-state index is -0.389. The van der Waals surface area contributed by atoms with Gasteiger partial charge in [-0.1, -0.05) is 13.8 Å². The molecule has 3 heteroatoms. The van der Waals surface area contributed by atoms with Crippen LogP contribution in [0.1, 0.15) is 37.4 Å². The highest BCUT2D eigenvalue weighted by Gasteiger charge is 2.39. The van der Waals surface area contributed by atoms with Gasteiger partial charge in [0.15, 0.2) is 0 Å². The van der Waals surface area contributed by atoms with Gasteiger partial charge in [-0.3, -0.25) is 0 Å². The summed E-state index contributed by atoms with van der Waals surface area (Å²) in [7, 11) is 0. The molecule has 1 atom stereocenters. The maximum Gasteiger partial charge on any atom is 0.128 e. The molecular weight excluding hydrogens is 184 g/mol. The van der Waals surface area contributed by atoms with Crippen molar-refractivity contribution in [1.82, 2.24) is 0 Å². The van der Waals surface area contributed by atoms with E-state index in [0.29, 0.717) is 17.5 Å². The fraction of sp³-hybridized carbons (Fsp3) is 0.455. The van der Waals surface area contributed by atoms with Gasteiger partial charge in [0.2, 0.25) is 0 Å². The van der Waals surface area contributed by atoms with Gasteiger partial charge in [0.1, 0.15) is 11.6 Å². The third-order valence-electron chi connectivity index (χ3n) is 2.92. The zero-order valence-electron chi connectivity index (χ0n) is 8.27. The van der Waals surface area contributed by atoms with Crippen molar-refractivity contribution in [1.29, 1.82) is 0 Å². The second-order valence-electron chi connectivity index (χ2n) is 4.51. The first-order chi connectivity index (χ1) is 6.43. The molecule has 14 heavy (non-hydrogen) atoms. The second-order valence-corrected chi connectivity index (χ2v) is 4.51. The van der Waals surface area contributed by atoms with Gasteiger partial charge in [-0.2, -0.15) is 0 Å². The van der Waals surface area contributed by atoms with Crippen LogP contribution < -0.4 is 5.73 Å². The number of rotatable bonds is 0. The van der Waals surface area contributed by atoms with E-state index in [1.165, 1.54) is 6.07 Å². The molecule has 0 saturated carbocycles. The predicted molar refractivity (Wildman–Crippen MR) is 50.9 cm³/mol. The summed E-state index contributed by atoms with van der Waals surface area (Å²) in [5.74, 6) is -0.737. The first-order valence-corrected chi connectivity index (χ1v) is 4.67. The van der Waals surface area contributed by atoms with Crippen LogP contribution in [-0.4, -0.2) is 0 Å². The first kappa shape index (κ1) is 9.59. The lowest BCUT2D eigenvalue weighted by molar-refractivity contribution is 0.461. The van der Waals surface area contributed by atoms with Gasteiger partial charge >= 0.3 is 0 Å². The van der Waals surface area contributed by atoms with Crippen LogP contribution in [-0.2, 0) is 5.41 Å². The Kier molecular flexibility index (Phi) is 1.89. The zero-order chi connectivity index (χ0) is 10.5. The lowest BCUT2D eigenvalue weighted by Gasteiger charge is -2.19. The van der Waals surface area contributed by atoms with E-state index in [9.17, 15) is 8.78 Å². The van der Waals surface area contributed by atoms with Gasteiger partial charge in [0.25, 0.3) is 0 Å². The normalized spacial score (nSPS) is 23.6. The summed E-state index contributed by atoms with van der Waals surface area (Å²) in [6, 6.07) is 1.94. The number of halogens is 2. The zero-order valence-corrected chi connectivity index (χ0v) is 8.27. The van der Waals surface area contributed by atoms with E-state index in [-0.39, 0.29) is 23.1 Å². The summed E-state index contributed by atoms with van der Waals surface area (Å²) in [4.78, 5) is 0. The molecule has 0 radical (unpaired) electrons. The van der Waals surface area contributed by atoms with E-state index in [1.54, 1.807) is 0 Å². The molecule has 1 aromatic rings. The molecule has 2 N–H and O–H groups in total. The lowest BCUT2D eigenvalue weighted by Crippen LogP contribution is -2.15. The molecule has 1 aliphatic carbocycles. The molecule has 1 nitrogen and oxygen atoms in total. The monoisotopic (exact) mass is 197 g/mol. The third-order valence-corrected chi connectivity index (χ3v) is 2.92. The minimum Gasteiger partial charge on any atom is -0.324 e. The number of fused-ring (bicyclic) bond motifs is 1. The highest BCUT2D eigenvalue weighted by atomic mass is 19.1. The van der Waals surface area contributed by atoms with Crippen molar-refractivity contribution >= 4 is 0 Å². The van der Waals surface area contributed by atoms with Crippen LogP contribution in [0.2, 0.25) is 0 Å². The van der Waals surface area contributed by atoms with Crippen molar-refractivity contribution in [2.45, 2.75) is 31.7 Å². The van der Waals surface area contributed by atoms with E-state index in [1.807, 2.05) is 13.8 Å². The van der Waals surface area contributed by atoms with Gasteiger partial charge in [-0.15, -0.1) is 0 Å². The lowest BCUT2D eigenvalue weighted by atomic mass is 9.86. The summed E-state index contributed by atoms with van der Waals surface area (Å²) in [5, 5.41) is 0. The Morgan fingerprint density at radius 1 is 1.29 bits per heavy atom. The molecule has 0 saturated heterocycles. The summed E-state index contributed by atoms with van der Waals surface area (Å²) < 4.78 is 26.9. The number of hydrogen-bond acceptors (Lipinski definition) is 1. The third kappa shape index (κ3) is 1.16. The summed E-state index contributed by atoms with van der Waals surface area (Å²) in [6.07, 6.45) is 0.597. The van der Waals surface area contributed by atoms with Crippen LogP contribution in [0.5, 0.6) is 0 Å². The van der Waals surface area contributed by atoms with Gasteiger partial charge in [-0.25, -0.2) is 8.78 Å². The molecule has 1 aliphatic rings. The summed E-state index contributed by atoms with van der Waals surface area (Å²) in [5.41, 5.74) is 6.23. The molecule has 1 aromatic carbocycles. The Bertz CT molecular complexity index is 385. The number of hydrogen-bond donors (Lipinski definition) is 1. The van der Waals surface area contributed by atoms with E-state index in [4.69, 9.17) is 5.73 Å². The second kappa shape index (κ2) is 2.76. The Labute approximate surface area is 81.9 Å². The molecule has 2 rings (SSSR count). The Balaban J connectivity index is 2.73. The van der Waals surface area contributed by atoms with Crippen LogP contribution >= 0.6 is 0 Å². The summed E-state index contributed by atoms with van der Waals surface area (Å²) in [6.45, 7) is 3.78. The van der Waals surface area contributed by atoms with E-state index in [2.05, 4.69) is 0 Å². The van der Waals surface area contributed by atoms with Crippen molar-refractivity contribution in [2.75, 3.05) is 0 Å². The highest BCUT2D eigenvalue weighted by Crippen LogP contribution is 2.45. The molecule has 0 fully saturated rings. The molecule has 0 aliphatic heterocycles. The average Bonchev–Trinajstić information content (AvgIpc) is 2.30. The smallest absolute Gasteiger partial charge is 0.128 e. The molecule has 0 aromatic heterocycles. The Hall–Kier alpha value is -0.960. The van der Waals surface area contributed by atoms with Gasteiger partial charge in [0, 0.05) is 17.2 Å². The fourth-order valence-corrected chi connectivity index (χ4v) is 2.37. The SMILES string of the molecule is CC1(C)C[C@H](N)c2c(F)ccc(F)c21. The molecular formula is C11H13F2N. The van der Waals surface area contributed by atoms with Crippen LogP contribution in [0.4, 0.5) is 8.78 Å². The van der Waals surface area contributed by atoms with Crippen molar-refractivity contribution in [3.05, 3.63) is 34.9 Å². The van der Waals surface area contributed by atoms with Gasteiger partial charge in [0.05, 0.1) is 0 Å². The molecule has 0 amide bonds. The van der Waals surface area contributed by atoms with Crippen molar-refractivity contribution in [3.63, 3.8) is 0 Å². The Morgan fingerprint density at radius 2 is 1.86 bits per heavy atom. The molecule has 76 valence electrons. The Morgan fingerprint density at radius 3 is 2.43 bits per heavy atom. The largest absolute Gasteiger partial charge is 0.324 e. The minimum absolute atomic E-state index is 0.348. The summed E-state index contributed by atoms with van der Waals surface area (Å²) >= 11 is 0. The van der Waals surface area contributed by atoms with Gasteiger partial charge < -0.3 is 5.73 Å². The fourth-order valence-electron chi connectivity index (χ4n) is 2.37. The topological polar surface area (TPSA) is 26.0 Å². The van der Waals surface area contributed by atoms with Crippen molar-refractivity contribution in [3.8, 4) is 0 Å². The molecule has 0 heterocycles. The quantitative estimate of drug-likeness (QED) is 0.679. The molecule has 0 bridgehead atoms. The van der Waals surface area contributed by atoms with Crippen LogP contribution in [0.15, 0.2) is 12.1 Å². The van der Waals surface area contributed by atoms with Crippen molar-refractivity contribution < 1.29 is 8.78 Å². The van der Waals surface area contributed by atoms with E-state index < -0.39 is 0 Å². The maximum absolute atomic E-state index is 13.5. The number of nitrogens with two attached hydrogens (primary N) is 1. The first-order valence-electron chi connectivity index (χ1n) is 4.67. The standard InChI is InChI=1S/C11H13F2N/c1-11(2)5-8(14)9-6(12)3-4-7(13)10(9)11/h3-4,8H,5,14H2,1-2H3/t8-/m0/s1. The van der Waals surface area contributed by atoms with E-state index in [0.717, 1.165) is 6.07 Å². The molecule has 0 spiro atoms. The maximum atomic E-state index is 13.5. The highest BCUT2D eigenvalue weighted by molar-refractivity contribution is 5.42.